The Hall–Kier alpha value is -2.51. The molecule has 1 N–H and O–H groups in total. The van der Waals surface area contributed by atoms with Crippen LogP contribution in [0, 0.1) is 0 Å². The number of nitrogens with zero attached hydrogens (tertiary/aromatic N) is 6. The van der Waals surface area contributed by atoms with Gasteiger partial charge in [-0.15, -0.1) is 5.10 Å². The van der Waals surface area contributed by atoms with Crippen molar-refractivity contribution in [3.63, 3.8) is 0 Å². The number of hydrogen-bond donors (Lipinski definition) is 1. The lowest BCUT2D eigenvalue weighted by atomic mass is 10.5. The first-order chi connectivity index (χ1) is 7.34. The van der Waals surface area contributed by atoms with Crippen LogP contribution < -0.4 is 5.69 Å². The van der Waals surface area contributed by atoms with Gasteiger partial charge in [-0.25, -0.2) is 19.6 Å². The Balaban J connectivity index is 2.30. The van der Waals surface area contributed by atoms with Crippen molar-refractivity contribution in [3.8, 4) is 5.82 Å². The highest BCUT2D eigenvalue weighted by atomic mass is 16.2. The molecule has 8 nitrogen and oxygen atoms in total. The summed E-state index contributed by atoms with van der Waals surface area (Å²) in [5, 5.41) is 14.0. The predicted molar refractivity (Wildman–Crippen MR) is 48.5 cm³/mol. The average Bonchev–Trinajstić information content (AvgIpc) is 2.88. The average molecular weight is 203 g/mol. The van der Waals surface area contributed by atoms with E-state index in [4.69, 9.17) is 0 Å². The first-order valence-corrected chi connectivity index (χ1v) is 4.14. The van der Waals surface area contributed by atoms with Crippen molar-refractivity contribution in [1.29, 1.82) is 0 Å². The van der Waals surface area contributed by atoms with Gasteiger partial charge in [0.25, 0.3) is 0 Å². The van der Waals surface area contributed by atoms with E-state index in [0.29, 0.717) is 11.5 Å². The van der Waals surface area contributed by atoms with Gasteiger partial charge in [0.05, 0.1) is 0 Å². The van der Waals surface area contributed by atoms with Gasteiger partial charge >= 0.3 is 5.69 Å². The molecule has 0 aliphatic rings. The molecule has 0 aliphatic carbocycles. The van der Waals surface area contributed by atoms with E-state index in [1.807, 2.05) is 0 Å². The molecule has 0 unspecified atom stereocenters. The second-order valence-corrected chi connectivity index (χ2v) is 2.83. The molecular formula is C7H5N7O. The molecule has 0 radical (unpaired) electrons. The molecule has 8 heteroatoms. The van der Waals surface area contributed by atoms with Crippen molar-refractivity contribution in [2.75, 3.05) is 0 Å². The van der Waals surface area contributed by atoms with Crippen LogP contribution in [0.1, 0.15) is 0 Å². The summed E-state index contributed by atoms with van der Waals surface area (Å²) >= 11 is 0. The largest absolute Gasteiger partial charge is 0.364 e. The van der Waals surface area contributed by atoms with Crippen LogP contribution in [0.3, 0.4) is 0 Å². The van der Waals surface area contributed by atoms with Crippen molar-refractivity contribution in [1.82, 2.24) is 34.6 Å². The Morgan fingerprint density at radius 1 is 1.33 bits per heavy atom. The third-order valence-electron chi connectivity index (χ3n) is 1.91. The highest BCUT2D eigenvalue weighted by molar-refractivity contribution is 5.37. The summed E-state index contributed by atoms with van der Waals surface area (Å²) < 4.78 is 2.62. The van der Waals surface area contributed by atoms with Crippen molar-refractivity contribution in [2.45, 2.75) is 0 Å². The van der Waals surface area contributed by atoms with Crippen LogP contribution in [-0.4, -0.2) is 34.6 Å². The third-order valence-corrected chi connectivity index (χ3v) is 1.91. The quantitative estimate of drug-likeness (QED) is 0.547. The molecule has 0 fully saturated rings. The molecule has 0 amide bonds. The van der Waals surface area contributed by atoms with E-state index in [1.54, 1.807) is 12.1 Å². The summed E-state index contributed by atoms with van der Waals surface area (Å²) in [6.07, 6.45) is 2.89. The van der Waals surface area contributed by atoms with Crippen molar-refractivity contribution in [3.05, 3.63) is 35.3 Å². The molecular weight excluding hydrogens is 198 g/mol. The van der Waals surface area contributed by atoms with E-state index < -0.39 is 0 Å². The molecule has 0 saturated carbocycles. The lowest BCUT2D eigenvalue weighted by Crippen LogP contribution is -2.14. The van der Waals surface area contributed by atoms with Gasteiger partial charge in [0.2, 0.25) is 0 Å². The van der Waals surface area contributed by atoms with E-state index in [2.05, 4.69) is 25.4 Å². The minimum atomic E-state index is -0.382. The number of rotatable bonds is 1. The van der Waals surface area contributed by atoms with Gasteiger partial charge < -0.3 is 0 Å². The molecule has 3 aromatic heterocycles. The highest BCUT2D eigenvalue weighted by Gasteiger charge is 2.04. The normalized spacial score (nSPS) is 10.9. The van der Waals surface area contributed by atoms with Crippen LogP contribution in [-0.2, 0) is 0 Å². The first-order valence-electron chi connectivity index (χ1n) is 4.14. The van der Waals surface area contributed by atoms with E-state index in [0.717, 1.165) is 4.52 Å². The van der Waals surface area contributed by atoms with Crippen LogP contribution >= 0.6 is 0 Å². The molecule has 74 valence electrons. The predicted octanol–water partition coefficient (Wildman–Crippen LogP) is -1.00. The minimum Gasteiger partial charge on any atom is -0.244 e. The topological polar surface area (TPSA) is 93.8 Å². The zero-order valence-electron chi connectivity index (χ0n) is 7.40. The zero-order valence-corrected chi connectivity index (χ0v) is 7.40. The summed E-state index contributed by atoms with van der Waals surface area (Å²) in [5.41, 5.74) is 0.0795. The summed E-state index contributed by atoms with van der Waals surface area (Å²) in [6.45, 7) is 0. The fourth-order valence-electron chi connectivity index (χ4n) is 1.24. The monoisotopic (exact) mass is 203 g/mol. The fraction of sp³-hybridized carbons (Fsp3) is 0. The SMILES string of the molecule is O=c1[nH]nc2ccc(-n3cncn3)nn12. The van der Waals surface area contributed by atoms with Gasteiger partial charge in [-0.1, -0.05) is 0 Å². The number of hydrogen-bond acceptors (Lipinski definition) is 5. The Bertz CT molecular complexity index is 649. The summed E-state index contributed by atoms with van der Waals surface area (Å²) in [4.78, 5) is 15.0. The maximum atomic E-state index is 11.2. The number of fused-ring (bicyclic) bond motifs is 1. The molecule has 0 bridgehead atoms. The van der Waals surface area contributed by atoms with Crippen molar-refractivity contribution >= 4 is 5.65 Å². The van der Waals surface area contributed by atoms with Crippen molar-refractivity contribution in [2.24, 2.45) is 0 Å². The minimum absolute atomic E-state index is 0.382. The van der Waals surface area contributed by atoms with Crippen LogP contribution in [0.25, 0.3) is 11.5 Å². The molecule has 0 saturated heterocycles. The Morgan fingerprint density at radius 2 is 2.27 bits per heavy atom. The second kappa shape index (κ2) is 2.74. The van der Waals surface area contributed by atoms with Crippen LogP contribution in [0.15, 0.2) is 29.6 Å². The van der Waals surface area contributed by atoms with E-state index in [-0.39, 0.29) is 5.69 Å². The third kappa shape index (κ3) is 1.11. The van der Waals surface area contributed by atoms with E-state index >= 15 is 0 Å². The van der Waals surface area contributed by atoms with Crippen molar-refractivity contribution < 1.29 is 0 Å². The lowest BCUT2D eigenvalue weighted by Gasteiger charge is -1.97. The maximum absolute atomic E-state index is 11.2. The van der Waals surface area contributed by atoms with Gasteiger partial charge in [0.1, 0.15) is 12.7 Å². The van der Waals surface area contributed by atoms with Gasteiger partial charge in [-0.05, 0) is 12.1 Å². The van der Waals surface area contributed by atoms with Crippen LogP contribution in [0.5, 0.6) is 0 Å². The number of nitrogens with one attached hydrogen (secondary N) is 1. The fourth-order valence-corrected chi connectivity index (χ4v) is 1.24. The molecule has 0 spiro atoms. The molecule has 0 aromatic carbocycles. The van der Waals surface area contributed by atoms with E-state index in [9.17, 15) is 4.79 Å². The highest BCUT2D eigenvalue weighted by Crippen LogP contribution is 2.00. The molecule has 0 aliphatic heterocycles. The number of H-pyrrole nitrogens is 1. The summed E-state index contributed by atoms with van der Waals surface area (Å²) in [5.74, 6) is 0.503. The van der Waals surface area contributed by atoms with E-state index in [1.165, 1.54) is 17.3 Å². The number of aromatic amines is 1. The smallest absolute Gasteiger partial charge is 0.244 e. The Labute approximate surface area is 82.2 Å². The zero-order chi connectivity index (χ0) is 10.3. The van der Waals surface area contributed by atoms with Gasteiger partial charge in [0, 0.05) is 0 Å². The molecule has 15 heavy (non-hydrogen) atoms. The molecule has 3 heterocycles. The van der Waals surface area contributed by atoms with Crippen LogP contribution in [0.4, 0.5) is 0 Å². The second-order valence-electron chi connectivity index (χ2n) is 2.83. The van der Waals surface area contributed by atoms with Gasteiger partial charge in [0.15, 0.2) is 11.5 Å². The molecule has 3 rings (SSSR count). The summed E-state index contributed by atoms with van der Waals surface area (Å²) in [7, 11) is 0. The first kappa shape index (κ1) is 7.85. The number of aromatic nitrogens is 7. The van der Waals surface area contributed by atoms with Gasteiger partial charge in [-0.2, -0.15) is 14.7 Å². The maximum Gasteiger partial charge on any atom is 0.364 e. The molecule has 0 atom stereocenters. The summed E-state index contributed by atoms with van der Waals surface area (Å²) in [6, 6.07) is 3.37. The lowest BCUT2D eigenvalue weighted by molar-refractivity contribution is 0.777. The van der Waals surface area contributed by atoms with Crippen LogP contribution in [0.2, 0.25) is 0 Å². The standard InChI is InChI=1S/C7H5N7O/c15-7-11-10-5-1-2-6(12-14(5)7)13-4-8-3-9-13/h1-4H,(H,11,15). The Morgan fingerprint density at radius 3 is 3.07 bits per heavy atom. The van der Waals surface area contributed by atoms with Gasteiger partial charge in [-0.3, -0.25) is 0 Å². The molecule has 3 aromatic rings. The Kier molecular flexibility index (Phi) is 1.43.